The molecule has 1 saturated heterocycles. The molecule has 27 heavy (non-hydrogen) atoms. The summed E-state index contributed by atoms with van der Waals surface area (Å²) in [7, 11) is 0. The molecule has 1 heterocycles. The van der Waals surface area contributed by atoms with Crippen LogP contribution in [0.2, 0.25) is 0 Å². The van der Waals surface area contributed by atoms with Crippen LogP contribution in [-0.4, -0.2) is 66.1 Å². The average molecular weight is 404 g/mol. The van der Waals surface area contributed by atoms with Crippen LogP contribution in [0.25, 0.3) is 0 Å². The number of carbonyl (C=O) groups excluding carboxylic acids is 4. The Kier molecular flexibility index (Phi) is 8.35. The van der Waals surface area contributed by atoms with Gasteiger partial charge < -0.3 is 23.7 Å². The quantitative estimate of drug-likeness (QED) is 0.428. The highest BCUT2D eigenvalue weighted by Gasteiger charge is 2.52. The summed E-state index contributed by atoms with van der Waals surface area (Å²) in [5.41, 5.74) is -1.05. The predicted octanol–water partition coefficient (Wildman–Crippen LogP) is 0.326. The first-order valence-electron chi connectivity index (χ1n) is 8.39. The Balaban J connectivity index is 3.36. The average Bonchev–Trinajstić information content (AvgIpc) is 2.54. The zero-order valence-corrected chi connectivity index (χ0v) is 16.0. The van der Waals surface area contributed by atoms with Crippen molar-refractivity contribution >= 4 is 35.6 Å². The summed E-state index contributed by atoms with van der Waals surface area (Å²) in [6, 6.07) is 1.88. The van der Waals surface area contributed by atoms with Gasteiger partial charge in [0.25, 0.3) is 0 Å². The van der Waals surface area contributed by atoms with Gasteiger partial charge in [0.15, 0.2) is 18.3 Å². The Morgan fingerprint density at radius 1 is 0.963 bits per heavy atom. The molecule has 0 bridgehead atoms. The lowest BCUT2D eigenvalue weighted by atomic mass is 9.99. The Hall–Kier alpha value is -2.32. The molecule has 0 aromatic carbocycles. The third-order valence-corrected chi connectivity index (χ3v) is 4.12. The van der Waals surface area contributed by atoms with Crippen molar-refractivity contribution in [1.82, 2.24) is 0 Å². The predicted molar refractivity (Wildman–Crippen MR) is 90.0 cm³/mol. The van der Waals surface area contributed by atoms with E-state index in [2.05, 4.69) is 0 Å². The van der Waals surface area contributed by atoms with Gasteiger partial charge in [0, 0.05) is 27.7 Å². The number of esters is 4. The highest BCUT2D eigenvalue weighted by molar-refractivity contribution is 8.00. The van der Waals surface area contributed by atoms with Crippen LogP contribution < -0.4 is 0 Å². The van der Waals surface area contributed by atoms with Crippen LogP contribution >= 0.6 is 11.8 Å². The number of rotatable bonds is 7. The second-order valence-electron chi connectivity index (χ2n) is 5.41. The Bertz CT molecular complexity index is 653. The van der Waals surface area contributed by atoms with Gasteiger partial charge in [-0.3, -0.25) is 19.2 Å². The number of nitrogens with zero attached hydrogens (tertiary/aromatic N) is 1. The van der Waals surface area contributed by atoms with E-state index in [1.165, 1.54) is 0 Å². The molecule has 0 N–H and O–H groups in total. The molecule has 2 unspecified atom stereocenters. The van der Waals surface area contributed by atoms with Crippen molar-refractivity contribution in [1.29, 1.82) is 5.26 Å². The van der Waals surface area contributed by atoms with Gasteiger partial charge in [-0.15, -0.1) is 11.8 Å². The largest absolute Gasteiger partial charge is 0.463 e. The van der Waals surface area contributed by atoms with E-state index in [4.69, 9.17) is 30.3 Å². The molecular formula is C16H21NO9S. The smallest absolute Gasteiger partial charge is 0.303 e. The summed E-state index contributed by atoms with van der Waals surface area (Å²) < 4.78 is 34.1. The van der Waals surface area contributed by atoms with Gasteiger partial charge in [-0.25, -0.2) is 0 Å². The Morgan fingerprint density at radius 3 is 1.96 bits per heavy atom. The fourth-order valence-corrected chi connectivity index (χ4v) is 3.18. The van der Waals surface area contributed by atoms with Crippen molar-refractivity contribution in [3.05, 3.63) is 0 Å². The van der Waals surface area contributed by atoms with E-state index < -0.39 is 60.3 Å². The lowest BCUT2D eigenvalue weighted by Crippen LogP contribution is -2.61. The molecule has 0 aliphatic carbocycles. The highest BCUT2D eigenvalue weighted by Crippen LogP contribution is 2.34. The first-order valence-corrected chi connectivity index (χ1v) is 8.86. The van der Waals surface area contributed by atoms with E-state index in [-0.39, 0.29) is 5.75 Å². The first kappa shape index (κ1) is 21.0. The third-order valence-electron chi connectivity index (χ3n) is 3.12. The van der Waals surface area contributed by atoms with Crippen molar-refractivity contribution in [3.8, 4) is 6.07 Å². The van der Waals surface area contributed by atoms with E-state index in [0.29, 0.717) is 0 Å². The summed E-state index contributed by atoms with van der Waals surface area (Å²) in [6.07, 6.45) is -5.33. The molecule has 1 aliphatic rings. The summed E-state index contributed by atoms with van der Waals surface area (Å²) in [6.45, 7) is 2.75. The van der Waals surface area contributed by atoms with E-state index >= 15 is 0 Å². The third kappa shape index (κ3) is 7.44. The van der Waals surface area contributed by atoms with Gasteiger partial charge >= 0.3 is 23.9 Å². The van der Waals surface area contributed by atoms with Crippen molar-refractivity contribution in [3.63, 3.8) is 0 Å². The summed E-state index contributed by atoms with van der Waals surface area (Å²) >= 11 is 0.923. The molecule has 0 aromatic heterocycles. The van der Waals surface area contributed by atoms with Gasteiger partial charge in [-0.05, 0) is 0 Å². The van der Waals surface area contributed by atoms with Crippen LogP contribution in [0.1, 0.15) is 29.1 Å². The number of thioether (sulfide) groups is 1. The van der Waals surface area contributed by atoms with Crippen LogP contribution in [0.15, 0.2) is 0 Å². The molecule has 10 nitrogen and oxygen atoms in total. The summed E-state index contributed by atoms with van der Waals surface area (Å²) in [4.78, 5) is 46.0. The molecule has 1 rings (SSSR count). The maximum Gasteiger partial charge on any atom is 0.303 e. The van der Waals surface area contributed by atoms with E-state index in [1.54, 1.807) is 0 Å². The SMILES string of the molecule is [2H]C(OC(C)=O)[C@H]1OC(SCC#N)[C@H](OC(C)=O)[C@@H](OC(C)=O)[C@H]1OC(C)=O. The molecular weight excluding hydrogens is 382 g/mol. The van der Waals surface area contributed by atoms with Gasteiger partial charge in [0.2, 0.25) is 0 Å². The number of carbonyl (C=O) groups is 4. The van der Waals surface area contributed by atoms with Crippen LogP contribution in [0.5, 0.6) is 0 Å². The molecule has 6 atom stereocenters. The molecule has 11 heteroatoms. The molecule has 150 valence electrons. The molecule has 0 aromatic rings. The topological polar surface area (TPSA) is 138 Å². The lowest BCUT2D eigenvalue weighted by molar-refractivity contribution is -0.237. The van der Waals surface area contributed by atoms with Gasteiger partial charge in [0.05, 0.1) is 13.2 Å². The molecule has 0 saturated carbocycles. The zero-order chi connectivity index (χ0) is 21.4. The number of hydrogen-bond acceptors (Lipinski definition) is 11. The standard InChI is InChI=1S/C16H21NO9S/c1-8(18)22-7-12-13(23-9(2)19)14(24-10(3)20)15(25-11(4)21)16(26-12)27-6-5-17/h12-16H,6-7H2,1-4H3/t12-,13+,14+,15-,16?/m1/s1/i7D/t7?,12-,13+,14+,15-,16?. The van der Waals surface area contributed by atoms with Crippen LogP contribution in [0.3, 0.4) is 0 Å². The van der Waals surface area contributed by atoms with E-state index in [9.17, 15) is 19.2 Å². The van der Waals surface area contributed by atoms with Gasteiger partial charge in [-0.2, -0.15) is 5.26 Å². The number of nitriles is 1. The van der Waals surface area contributed by atoms with Crippen molar-refractivity contribution < 1.29 is 44.2 Å². The minimum Gasteiger partial charge on any atom is -0.463 e. The monoisotopic (exact) mass is 404 g/mol. The number of ether oxygens (including phenoxy) is 5. The van der Waals surface area contributed by atoms with Crippen LogP contribution in [0.4, 0.5) is 0 Å². The number of hydrogen-bond donors (Lipinski definition) is 0. The Morgan fingerprint density at radius 2 is 1.48 bits per heavy atom. The molecule has 1 aliphatic heterocycles. The fraction of sp³-hybridized carbons (Fsp3) is 0.688. The van der Waals surface area contributed by atoms with Crippen LogP contribution in [-0.2, 0) is 42.9 Å². The molecule has 0 amide bonds. The van der Waals surface area contributed by atoms with Gasteiger partial charge in [0.1, 0.15) is 18.1 Å². The maximum absolute atomic E-state index is 11.6. The van der Waals surface area contributed by atoms with Crippen molar-refractivity contribution in [2.75, 3.05) is 12.3 Å². The maximum atomic E-state index is 11.6. The molecule has 0 radical (unpaired) electrons. The minimum atomic E-state index is -1.64. The minimum absolute atomic E-state index is 0.0730. The van der Waals surface area contributed by atoms with Gasteiger partial charge in [-0.1, -0.05) is 0 Å². The van der Waals surface area contributed by atoms with Crippen LogP contribution in [0, 0.1) is 11.3 Å². The summed E-state index contributed by atoms with van der Waals surface area (Å²) in [5, 5.41) is 8.85. The van der Waals surface area contributed by atoms with Crippen molar-refractivity contribution in [2.45, 2.75) is 57.5 Å². The molecule has 1 fully saturated rings. The summed E-state index contributed by atoms with van der Waals surface area (Å²) in [5.74, 6) is -3.13. The molecule has 0 spiro atoms. The normalized spacial score (nSPS) is 28.7. The van der Waals surface area contributed by atoms with E-state index in [0.717, 1.165) is 39.5 Å². The lowest BCUT2D eigenvalue weighted by Gasteiger charge is -2.44. The highest BCUT2D eigenvalue weighted by atomic mass is 32.2. The Labute approximate surface area is 161 Å². The second-order valence-corrected chi connectivity index (χ2v) is 6.49. The van der Waals surface area contributed by atoms with Crippen molar-refractivity contribution in [2.24, 2.45) is 0 Å². The fourth-order valence-electron chi connectivity index (χ4n) is 2.33. The zero-order valence-electron chi connectivity index (χ0n) is 16.2. The van der Waals surface area contributed by atoms with E-state index in [1.807, 2.05) is 6.07 Å². The second kappa shape index (κ2) is 10.7. The first-order chi connectivity index (χ1) is 13.1.